The van der Waals surface area contributed by atoms with Crippen LogP contribution in [0.5, 0.6) is 0 Å². The fourth-order valence-corrected chi connectivity index (χ4v) is 11.6. The van der Waals surface area contributed by atoms with Crippen LogP contribution in [0.1, 0.15) is 22.3 Å². The molecule has 0 saturated carbocycles. The molecule has 0 bridgehead atoms. The van der Waals surface area contributed by atoms with Gasteiger partial charge in [-0.05, 0) is 127 Å². The first-order valence-electron chi connectivity index (χ1n) is 23.8. The van der Waals surface area contributed by atoms with E-state index < -0.39 is 5.41 Å². The molecule has 0 amide bonds. The van der Waals surface area contributed by atoms with E-state index >= 15 is 0 Å². The topological polar surface area (TPSA) is 21.1 Å². The number of hydrogen-bond donors (Lipinski definition) is 0. The molecule has 1 spiro atoms. The van der Waals surface area contributed by atoms with Crippen molar-refractivity contribution in [3.8, 4) is 61.5 Å². The maximum atomic E-state index is 5.52. The number of fused-ring (bicyclic) bond motifs is 12. The minimum atomic E-state index is -0.600. The van der Waals surface area contributed by atoms with Gasteiger partial charge < -0.3 is 4.57 Å². The minimum Gasteiger partial charge on any atom is -0.309 e. The summed E-state index contributed by atoms with van der Waals surface area (Å²) in [4.78, 5) is 7.92. The van der Waals surface area contributed by atoms with Crippen LogP contribution in [-0.2, 0) is 5.41 Å². The van der Waals surface area contributed by atoms with Crippen molar-refractivity contribution in [2.24, 2.45) is 0 Å². The molecule has 0 fully saturated rings. The molecule has 2 aliphatic rings. The van der Waals surface area contributed by atoms with E-state index in [9.17, 15) is 0 Å². The van der Waals surface area contributed by atoms with Gasteiger partial charge >= 0.3 is 0 Å². The maximum absolute atomic E-state index is 5.52. The SMILES string of the molecule is c1ccc(-c2ccc(-n3c4ccccc4c4cc(-c5ccc6c(c5)C5(c7ccccc7-6)c6ccccc6N(c6cc(-c7ccccc7)cc(-c7ccccc7)n6)c6ccccc65)ccc43)cc2)cc1. The molecule has 0 radical (unpaired) electrons. The summed E-state index contributed by atoms with van der Waals surface area (Å²) in [5.74, 6) is 0.879. The van der Waals surface area contributed by atoms with Crippen molar-refractivity contribution >= 4 is 39.0 Å². The van der Waals surface area contributed by atoms with Crippen molar-refractivity contribution in [1.29, 1.82) is 0 Å². The lowest BCUT2D eigenvalue weighted by atomic mass is 9.64. The van der Waals surface area contributed by atoms with Gasteiger partial charge in [-0.1, -0.05) is 200 Å². The van der Waals surface area contributed by atoms with Crippen LogP contribution in [-0.4, -0.2) is 9.55 Å². The Hall–Kier alpha value is -9.05. The Morgan fingerprint density at radius 1 is 0.304 bits per heavy atom. The second-order valence-electron chi connectivity index (χ2n) is 18.3. The number of aromatic nitrogens is 2. The predicted octanol–water partition coefficient (Wildman–Crippen LogP) is 17.0. The molecule has 1 aliphatic heterocycles. The summed E-state index contributed by atoms with van der Waals surface area (Å²) in [6.45, 7) is 0. The molecule has 3 heterocycles. The first kappa shape index (κ1) is 39.1. The number of pyridine rings is 1. The van der Waals surface area contributed by atoms with Gasteiger partial charge in [0.2, 0.25) is 0 Å². The molecule has 3 nitrogen and oxygen atoms in total. The molecule has 1 aliphatic carbocycles. The smallest absolute Gasteiger partial charge is 0.138 e. The van der Waals surface area contributed by atoms with Crippen molar-refractivity contribution in [1.82, 2.24) is 9.55 Å². The normalized spacial score (nSPS) is 13.0. The van der Waals surface area contributed by atoms with Crippen LogP contribution in [0.3, 0.4) is 0 Å². The third kappa shape index (κ3) is 5.97. The molecule has 0 unspecified atom stereocenters. The Kier molecular flexibility index (Phi) is 8.80. The average Bonchev–Trinajstić information content (AvgIpc) is 3.91. The molecule has 12 aromatic rings. The first-order chi connectivity index (χ1) is 34.2. The van der Waals surface area contributed by atoms with Crippen LogP contribution in [0.2, 0.25) is 0 Å². The molecule has 2 aromatic heterocycles. The monoisotopic (exact) mass is 877 g/mol. The summed E-state index contributed by atoms with van der Waals surface area (Å²) < 4.78 is 2.41. The van der Waals surface area contributed by atoms with Gasteiger partial charge in [0.1, 0.15) is 5.82 Å². The minimum absolute atomic E-state index is 0.600. The van der Waals surface area contributed by atoms with Gasteiger partial charge in [0.25, 0.3) is 0 Å². The number of rotatable bonds is 6. The zero-order valence-electron chi connectivity index (χ0n) is 37.7. The van der Waals surface area contributed by atoms with E-state index in [-0.39, 0.29) is 0 Å². The zero-order chi connectivity index (χ0) is 45.5. The fourth-order valence-electron chi connectivity index (χ4n) is 11.6. The van der Waals surface area contributed by atoms with Gasteiger partial charge in [0, 0.05) is 22.0 Å². The summed E-state index contributed by atoms with van der Waals surface area (Å²) in [7, 11) is 0. The Morgan fingerprint density at radius 2 is 0.812 bits per heavy atom. The van der Waals surface area contributed by atoms with Crippen LogP contribution >= 0.6 is 0 Å². The summed E-state index contributed by atoms with van der Waals surface area (Å²) >= 11 is 0. The zero-order valence-corrected chi connectivity index (χ0v) is 37.7. The third-order valence-electron chi connectivity index (χ3n) is 14.6. The van der Waals surface area contributed by atoms with Gasteiger partial charge in [0.05, 0.1) is 33.5 Å². The average molecular weight is 878 g/mol. The van der Waals surface area contributed by atoms with E-state index in [1.165, 1.54) is 77.4 Å². The van der Waals surface area contributed by atoms with E-state index in [1.54, 1.807) is 0 Å². The summed E-state index contributed by atoms with van der Waals surface area (Å²) in [6, 6.07) is 95.4. The lowest BCUT2D eigenvalue weighted by Crippen LogP contribution is -2.36. The molecule has 10 aromatic carbocycles. The Morgan fingerprint density at radius 3 is 1.52 bits per heavy atom. The number of hydrogen-bond acceptors (Lipinski definition) is 2. The lowest BCUT2D eigenvalue weighted by Gasteiger charge is -2.44. The molecular formula is C66H43N3. The molecule has 69 heavy (non-hydrogen) atoms. The van der Waals surface area contributed by atoms with Crippen LogP contribution in [0.25, 0.3) is 83.3 Å². The van der Waals surface area contributed by atoms with Crippen molar-refractivity contribution in [2.45, 2.75) is 5.41 Å². The highest BCUT2D eigenvalue weighted by Crippen LogP contribution is 2.63. The Balaban J connectivity index is 0.953. The molecule has 14 rings (SSSR count). The van der Waals surface area contributed by atoms with E-state index in [0.717, 1.165) is 45.3 Å². The Bertz CT molecular complexity index is 3840. The largest absolute Gasteiger partial charge is 0.309 e. The van der Waals surface area contributed by atoms with E-state index in [4.69, 9.17) is 4.98 Å². The molecule has 322 valence electrons. The van der Waals surface area contributed by atoms with Crippen molar-refractivity contribution < 1.29 is 0 Å². The van der Waals surface area contributed by atoms with E-state index in [0.29, 0.717) is 0 Å². The molecule has 0 saturated heterocycles. The standard InChI is InChI=1S/C66H43N3/c1-4-18-44(19-5-1)46-32-36-51(37-33-46)68-61-29-15-11-25-54(61)55-40-48(35-39-62(55)68)49-34-38-53-52-24-10-12-26-56(52)66(59(53)41-49)57-27-13-16-30-63(57)69(64-31-17-14-28-58(64)66)65-43-50(45-20-6-2-7-21-45)42-60(67-65)47-22-8-3-9-23-47/h1-43H. The van der Waals surface area contributed by atoms with Crippen LogP contribution in [0.4, 0.5) is 17.2 Å². The van der Waals surface area contributed by atoms with E-state index in [1.807, 2.05) is 0 Å². The summed E-state index contributed by atoms with van der Waals surface area (Å²) in [5, 5.41) is 2.47. The highest BCUT2D eigenvalue weighted by molar-refractivity contribution is 6.10. The first-order valence-corrected chi connectivity index (χ1v) is 23.8. The number of benzene rings is 10. The summed E-state index contributed by atoms with van der Waals surface area (Å²) in [5.41, 5.74) is 21.8. The second-order valence-corrected chi connectivity index (χ2v) is 18.3. The van der Waals surface area contributed by atoms with Crippen molar-refractivity contribution in [3.63, 3.8) is 0 Å². The lowest BCUT2D eigenvalue weighted by molar-refractivity contribution is 0.751. The predicted molar refractivity (Wildman–Crippen MR) is 286 cm³/mol. The quantitative estimate of drug-likeness (QED) is 0.166. The number of anilines is 3. The third-order valence-corrected chi connectivity index (χ3v) is 14.6. The van der Waals surface area contributed by atoms with Gasteiger partial charge in [-0.15, -0.1) is 0 Å². The second kappa shape index (κ2) is 15.5. The molecular weight excluding hydrogens is 835 g/mol. The molecule has 0 atom stereocenters. The van der Waals surface area contributed by atoms with Crippen LogP contribution in [0.15, 0.2) is 261 Å². The van der Waals surface area contributed by atoms with Crippen LogP contribution < -0.4 is 4.90 Å². The fraction of sp³-hybridized carbons (Fsp3) is 0.0152. The highest BCUT2D eigenvalue weighted by atomic mass is 15.2. The van der Waals surface area contributed by atoms with Gasteiger partial charge in [-0.2, -0.15) is 0 Å². The van der Waals surface area contributed by atoms with Crippen molar-refractivity contribution in [3.05, 3.63) is 283 Å². The highest BCUT2D eigenvalue weighted by Gasteiger charge is 2.52. The number of para-hydroxylation sites is 3. The van der Waals surface area contributed by atoms with Crippen molar-refractivity contribution in [2.75, 3.05) is 4.90 Å². The molecule has 3 heteroatoms. The number of nitrogens with zero attached hydrogens (tertiary/aromatic N) is 3. The van der Waals surface area contributed by atoms with Gasteiger partial charge in [0.15, 0.2) is 0 Å². The molecule has 0 N–H and O–H groups in total. The van der Waals surface area contributed by atoms with E-state index in [2.05, 4.69) is 270 Å². The van der Waals surface area contributed by atoms with Gasteiger partial charge in [-0.3, -0.25) is 4.90 Å². The Labute approximate surface area is 401 Å². The maximum Gasteiger partial charge on any atom is 0.138 e. The van der Waals surface area contributed by atoms with Crippen LogP contribution in [0, 0.1) is 0 Å². The summed E-state index contributed by atoms with van der Waals surface area (Å²) in [6.07, 6.45) is 0. The van der Waals surface area contributed by atoms with Gasteiger partial charge in [-0.25, -0.2) is 4.98 Å².